The monoisotopic (exact) mass is 441 g/mol. The molecule has 32 heavy (non-hydrogen) atoms. The first kappa shape index (κ1) is 21.5. The maximum atomic E-state index is 12.5. The van der Waals surface area contributed by atoms with E-state index in [4.69, 9.17) is 9.57 Å². The highest BCUT2D eigenvalue weighted by Crippen LogP contribution is 2.24. The van der Waals surface area contributed by atoms with Gasteiger partial charge in [-0.3, -0.25) is 9.59 Å². The largest absolute Gasteiger partial charge is 0.444 e. The molecule has 2 aromatic rings. The van der Waals surface area contributed by atoms with Crippen LogP contribution in [0.4, 0.5) is 4.79 Å². The molecule has 11 nitrogen and oxygen atoms in total. The topological polar surface area (TPSA) is 124 Å². The third kappa shape index (κ3) is 4.18. The van der Waals surface area contributed by atoms with Crippen molar-refractivity contribution in [1.29, 1.82) is 0 Å². The number of carbonyl (C=O) groups excluding carboxylic acids is 4. The molecule has 1 aromatic carbocycles. The molecule has 11 heteroatoms. The molecule has 0 radical (unpaired) electrons. The predicted octanol–water partition coefficient (Wildman–Crippen LogP) is 2.05. The Labute approximate surface area is 183 Å². The first-order chi connectivity index (χ1) is 15.1. The third-order valence-electron chi connectivity index (χ3n) is 5.08. The van der Waals surface area contributed by atoms with Gasteiger partial charge in [0.1, 0.15) is 5.60 Å². The van der Waals surface area contributed by atoms with Gasteiger partial charge in [-0.2, -0.15) is 0 Å². The lowest BCUT2D eigenvalue weighted by atomic mass is 10.1. The molecule has 2 aliphatic heterocycles. The van der Waals surface area contributed by atoms with Crippen LogP contribution in [-0.2, 0) is 16.1 Å². The van der Waals surface area contributed by atoms with Crippen LogP contribution >= 0.6 is 0 Å². The summed E-state index contributed by atoms with van der Waals surface area (Å²) in [6.45, 7) is 6.30. The molecule has 1 atom stereocenters. The summed E-state index contributed by atoms with van der Waals surface area (Å²) < 4.78 is 6.88. The summed E-state index contributed by atoms with van der Waals surface area (Å²) in [4.78, 5) is 56.2. The molecule has 1 fully saturated rings. The third-order valence-corrected chi connectivity index (χ3v) is 5.08. The van der Waals surface area contributed by atoms with Gasteiger partial charge in [-0.1, -0.05) is 22.4 Å². The van der Waals surface area contributed by atoms with E-state index >= 15 is 0 Å². The number of aromatic nitrogens is 3. The molecule has 1 aromatic heterocycles. The second-order valence-corrected chi connectivity index (χ2v) is 8.62. The van der Waals surface area contributed by atoms with Crippen molar-refractivity contribution in [3.05, 3.63) is 47.3 Å². The number of likely N-dealkylation sites (tertiary alicyclic amines) is 1. The zero-order valence-electron chi connectivity index (χ0n) is 18.0. The Bertz CT molecular complexity index is 1050. The molecule has 3 heterocycles. The van der Waals surface area contributed by atoms with Crippen LogP contribution in [0, 0.1) is 0 Å². The average Bonchev–Trinajstić information content (AvgIpc) is 3.44. The van der Waals surface area contributed by atoms with Gasteiger partial charge in [0.05, 0.1) is 29.9 Å². The Kier molecular flexibility index (Phi) is 5.41. The molecule has 0 N–H and O–H groups in total. The summed E-state index contributed by atoms with van der Waals surface area (Å²) in [6.07, 6.45) is 2.54. The molecule has 168 valence electrons. The highest BCUT2D eigenvalue weighted by atomic mass is 16.7. The number of hydrogen-bond donors (Lipinski definition) is 0. The Morgan fingerprint density at radius 2 is 1.78 bits per heavy atom. The SMILES string of the molecule is CC(C)(C)OC(=O)N1CCC[C@H]1Cn1cc(C(=O)ON2C(=O)c3ccccc3C2=O)nn1. The lowest BCUT2D eigenvalue weighted by Crippen LogP contribution is -2.41. The minimum atomic E-state index is -0.985. The first-order valence-corrected chi connectivity index (χ1v) is 10.2. The van der Waals surface area contributed by atoms with Gasteiger partial charge in [0.25, 0.3) is 11.8 Å². The molecule has 3 amide bonds. The normalized spacial score (nSPS) is 18.2. The van der Waals surface area contributed by atoms with Gasteiger partial charge in [-0.05, 0) is 45.7 Å². The minimum absolute atomic E-state index is 0.161. The van der Waals surface area contributed by atoms with Gasteiger partial charge < -0.3 is 14.5 Å². The van der Waals surface area contributed by atoms with E-state index < -0.39 is 29.5 Å². The van der Waals surface area contributed by atoms with Gasteiger partial charge in [0.2, 0.25) is 0 Å². The predicted molar refractivity (Wildman–Crippen MR) is 108 cm³/mol. The van der Waals surface area contributed by atoms with Gasteiger partial charge in [0.15, 0.2) is 5.69 Å². The van der Waals surface area contributed by atoms with Crippen LogP contribution in [0.1, 0.15) is 64.8 Å². The lowest BCUT2D eigenvalue weighted by Gasteiger charge is -2.28. The average molecular weight is 441 g/mol. The molecule has 0 aliphatic carbocycles. The number of nitrogens with zero attached hydrogens (tertiary/aromatic N) is 5. The van der Waals surface area contributed by atoms with E-state index in [1.807, 2.05) is 0 Å². The van der Waals surface area contributed by atoms with E-state index in [0.717, 1.165) is 12.8 Å². The Hall–Kier alpha value is -3.76. The van der Waals surface area contributed by atoms with Crippen LogP contribution < -0.4 is 0 Å². The Morgan fingerprint density at radius 3 is 2.41 bits per heavy atom. The number of carbonyl (C=O) groups is 4. The van der Waals surface area contributed by atoms with Crippen molar-refractivity contribution < 1.29 is 28.8 Å². The van der Waals surface area contributed by atoms with Crippen LogP contribution in [-0.4, -0.2) is 67.0 Å². The molecular weight excluding hydrogens is 418 g/mol. The van der Waals surface area contributed by atoms with Gasteiger partial charge in [-0.15, -0.1) is 5.10 Å². The van der Waals surface area contributed by atoms with E-state index in [1.54, 1.807) is 37.8 Å². The van der Waals surface area contributed by atoms with Crippen molar-refractivity contribution >= 4 is 23.9 Å². The Morgan fingerprint density at radius 1 is 1.12 bits per heavy atom. The molecular formula is C21H23N5O6. The van der Waals surface area contributed by atoms with E-state index in [1.165, 1.54) is 23.0 Å². The molecule has 2 aliphatic rings. The van der Waals surface area contributed by atoms with Crippen LogP contribution in [0.15, 0.2) is 30.5 Å². The van der Waals surface area contributed by atoms with E-state index in [-0.39, 0.29) is 22.9 Å². The van der Waals surface area contributed by atoms with Crippen molar-refractivity contribution in [2.45, 2.75) is 51.8 Å². The van der Waals surface area contributed by atoms with Gasteiger partial charge >= 0.3 is 12.1 Å². The minimum Gasteiger partial charge on any atom is -0.444 e. The van der Waals surface area contributed by atoms with Crippen LogP contribution in [0.25, 0.3) is 0 Å². The van der Waals surface area contributed by atoms with Crippen molar-refractivity contribution in [2.75, 3.05) is 6.54 Å². The number of amides is 3. The maximum Gasteiger partial charge on any atom is 0.410 e. The number of rotatable bonds is 4. The number of fused-ring (bicyclic) bond motifs is 1. The van der Waals surface area contributed by atoms with Gasteiger partial charge in [0, 0.05) is 6.54 Å². The van der Waals surface area contributed by atoms with E-state index in [9.17, 15) is 19.2 Å². The number of hydroxylamine groups is 2. The summed E-state index contributed by atoms with van der Waals surface area (Å²) in [5, 5.41) is 8.13. The van der Waals surface area contributed by atoms with Crippen molar-refractivity contribution in [3.8, 4) is 0 Å². The molecule has 0 spiro atoms. The smallest absolute Gasteiger partial charge is 0.410 e. The fourth-order valence-corrected chi connectivity index (χ4v) is 3.66. The molecule has 4 rings (SSSR count). The van der Waals surface area contributed by atoms with Gasteiger partial charge in [-0.25, -0.2) is 14.3 Å². The quantitative estimate of drug-likeness (QED) is 0.661. The number of ether oxygens (including phenoxy) is 1. The second-order valence-electron chi connectivity index (χ2n) is 8.62. The van der Waals surface area contributed by atoms with Crippen LogP contribution in [0.2, 0.25) is 0 Å². The number of imide groups is 1. The summed E-state index contributed by atoms with van der Waals surface area (Å²) in [5.41, 5.74) is -0.434. The fraction of sp³-hybridized carbons (Fsp3) is 0.429. The zero-order chi connectivity index (χ0) is 23.0. The van der Waals surface area contributed by atoms with Crippen molar-refractivity contribution in [3.63, 3.8) is 0 Å². The first-order valence-electron chi connectivity index (χ1n) is 10.2. The van der Waals surface area contributed by atoms with Crippen molar-refractivity contribution in [1.82, 2.24) is 25.0 Å². The summed E-state index contributed by atoms with van der Waals surface area (Å²) >= 11 is 0. The standard InChI is InChI=1S/C21H23N5O6/c1-21(2,3)31-20(30)25-10-6-7-13(25)11-24-12-16(22-23-24)19(29)32-26-17(27)14-8-4-5-9-15(14)18(26)28/h4-5,8-9,12-13H,6-7,10-11H2,1-3H3/t13-/m0/s1. The molecule has 0 bridgehead atoms. The summed E-state index contributed by atoms with van der Waals surface area (Å²) in [5.74, 6) is -2.42. The number of hydrogen-bond acceptors (Lipinski definition) is 8. The zero-order valence-corrected chi connectivity index (χ0v) is 18.0. The van der Waals surface area contributed by atoms with E-state index in [0.29, 0.717) is 18.2 Å². The highest BCUT2D eigenvalue weighted by molar-refractivity contribution is 6.21. The second kappa shape index (κ2) is 8.06. The molecule has 0 saturated carbocycles. The Balaban J connectivity index is 1.40. The maximum absolute atomic E-state index is 12.5. The van der Waals surface area contributed by atoms with E-state index in [2.05, 4.69) is 10.3 Å². The molecule has 0 unspecified atom stereocenters. The summed E-state index contributed by atoms with van der Waals surface area (Å²) in [6, 6.07) is 6.04. The highest BCUT2D eigenvalue weighted by Gasteiger charge is 2.39. The number of benzene rings is 1. The lowest BCUT2D eigenvalue weighted by molar-refractivity contribution is -0.0588. The van der Waals surface area contributed by atoms with Crippen LogP contribution in [0.3, 0.4) is 0 Å². The van der Waals surface area contributed by atoms with Crippen LogP contribution in [0.5, 0.6) is 0 Å². The van der Waals surface area contributed by atoms with Crippen molar-refractivity contribution in [2.24, 2.45) is 0 Å². The molecule has 1 saturated heterocycles. The summed E-state index contributed by atoms with van der Waals surface area (Å²) in [7, 11) is 0. The fourth-order valence-electron chi connectivity index (χ4n) is 3.66.